The summed E-state index contributed by atoms with van der Waals surface area (Å²) in [5, 5.41) is 11.4. The summed E-state index contributed by atoms with van der Waals surface area (Å²) >= 11 is 6.95. The molecule has 0 aliphatic heterocycles. The largest absolute Gasteiger partial charge is 0.493 e. The van der Waals surface area contributed by atoms with E-state index in [1.54, 1.807) is 18.7 Å². The van der Waals surface area contributed by atoms with Crippen molar-refractivity contribution in [2.75, 3.05) is 18.2 Å². The minimum absolute atomic E-state index is 0.0522. The molecule has 0 aliphatic carbocycles. The Labute approximate surface area is 182 Å². The summed E-state index contributed by atoms with van der Waals surface area (Å²) in [6, 6.07) is 9.66. The molecule has 1 heterocycles. The number of carbonyl (C=O) groups excluding carboxylic acids is 1. The Hall–Kier alpha value is -2.78. The number of thioether (sulfide) groups is 1. The van der Waals surface area contributed by atoms with E-state index in [0.29, 0.717) is 28.2 Å². The topological polar surface area (TPSA) is 78.3 Å². The van der Waals surface area contributed by atoms with E-state index < -0.39 is 5.82 Å². The quantitative estimate of drug-likeness (QED) is 0.517. The molecule has 3 rings (SSSR count). The first-order valence-electron chi connectivity index (χ1n) is 8.90. The van der Waals surface area contributed by atoms with Gasteiger partial charge in [0.25, 0.3) is 0 Å². The zero-order valence-electron chi connectivity index (χ0n) is 16.6. The van der Waals surface area contributed by atoms with Crippen LogP contribution in [0.5, 0.6) is 11.5 Å². The van der Waals surface area contributed by atoms with Crippen LogP contribution in [0.1, 0.15) is 11.4 Å². The molecule has 30 heavy (non-hydrogen) atoms. The van der Waals surface area contributed by atoms with E-state index in [1.807, 2.05) is 25.1 Å². The van der Waals surface area contributed by atoms with Gasteiger partial charge in [-0.1, -0.05) is 29.4 Å². The second kappa shape index (κ2) is 9.82. The molecule has 0 fully saturated rings. The van der Waals surface area contributed by atoms with Gasteiger partial charge in [0.15, 0.2) is 22.5 Å². The maximum atomic E-state index is 13.2. The van der Waals surface area contributed by atoms with Gasteiger partial charge in [0.2, 0.25) is 5.91 Å². The lowest BCUT2D eigenvalue weighted by atomic mass is 10.2. The Morgan fingerprint density at radius 3 is 2.77 bits per heavy atom. The van der Waals surface area contributed by atoms with Gasteiger partial charge in [0.1, 0.15) is 12.4 Å². The SMILES string of the molecule is COc1cc(C)ccc1OCc1nnc(SCC(=O)Nc2ccc(F)c(Cl)c2)n1C. The molecule has 0 unspecified atom stereocenters. The fourth-order valence-corrected chi connectivity index (χ4v) is 3.44. The van der Waals surface area contributed by atoms with Crippen molar-refractivity contribution in [3.8, 4) is 11.5 Å². The number of nitrogens with zero attached hydrogens (tertiary/aromatic N) is 3. The highest BCUT2D eigenvalue weighted by Crippen LogP contribution is 2.28. The Bertz CT molecular complexity index is 1060. The summed E-state index contributed by atoms with van der Waals surface area (Å²) in [6.45, 7) is 2.17. The number of benzene rings is 2. The first kappa shape index (κ1) is 21.9. The first-order valence-corrected chi connectivity index (χ1v) is 10.3. The van der Waals surface area contributed by atoms with Gasteiger partial charge in [-0.2, -0.15) is 0 Å². The molecular weight excluding hydrogens is 431 g/mol. The van der Waals surface area contributed by atoms with Crippen LogP contribution in [0, 0.1) is 12.7 Å². The molecule has 158 valence electrons. The highest BCUT2D eigenvalue weighted by Gasteiger charge is 2.14. The van der Waals surface area contributed by atoms with Gasteiger partial charge in [-0.3, -0.25) is 4.79 Å². The predicted octanol–water partition coefficient (Wildman–Crippen LogP) is 4.23. The highest BCUT2D eigenvalue weighted by molar-refractivity contribution is 7.99. The number of rotatable bonds is 8. The van der Waals surface area contributed by atoms with Crippen molar-refractivity contribution < 1.29 is 18.7 Å². The van der Waals surface area contributed by atoms with E-state index in [-0.39, 0.29) is 23.3 Å². The Morgan fingerprint density at radius 1 is 1.23 bits per heavy atom. The molecule has 1 amide bonds. The number of carbonyl (C=O) groups is 1. The van der Waals surface area contributed by atoms with Crippen LogP contribution < -0.4 is 14.8 Å². The van der Waals surface area contributed by atoms with E-state index in [4.69, 9.17) is 21.1 Å². The summed E-state index contributed by atoms with van der Waals surface area (Å²) in [6.07, 6.45) is 0. The van der Waals surface area contributed by atoms with Crippen molar-refractivity contribution in [3.05, 3.63) is 58.6 Å². The monoisotopic (exact) mass is 450 g/mol. The Morgan fingerprint density at radius 2 is 2.03 bits per heavy atom. The number of halogens is 2. The molecular formula is C20H20ClFN4O3S. The molecule has 2 aromatic carbocycles. The summed E-state index contributed by atoms with van der Waals surface area (Å²) in [5.41, 5.74) is 1.49. The summed E-state index contributed by atoms with van der Waals surface area (Å²) in [4.78, 5) is 12.1. The number of aryl methyl sites for hydroxylation is 1. The molecule has 0 atom stereocenters. The number of nitrogens with one attached hydrogen (secondary N) is 1. The molecule has 0 bridgehead atoms. The van der Waals surface area contributed by atoms with E-state index >= 15 is 0 Å². The van der Waals surface area contributed by atoms with Crippen molar-refractivity contribution in [2.45, 2.75) is 18.7 Å². The standard InChI is InChI=1S/C20H20ClFN4O3S/c1-12-4-7-16(17(8-12)28-3)29-10-18-24-25-20(26(18)2)30-11-19(27)23-13-5-6-15(22)14(21)9-13/h4-9H,10-11H2,1-3H3,(H,23,27). The van der Waals surface area contributed by atoms with E-state index in [1.165, 1.54) is 30.0 Å². The maximum absolute atomic E-state index is 13.2. The summed E-state index contributed by atoms with van der Waals surface area (Å²) in [7, 11) is 3.38. The molecule has 0 radical (unpaired) electrons. The first-order chi connectivity index (χ1) is 14.4. The van der Waals surface area contributed by atoms with Crippen LogP contribution in [-0.2, 0) is 18.4 Å². The Balaban J connectivity index is 1.56. The fourth-order valence-electron chi connectivity index (χ4n) is 2.53. The number of aromatic nitrogens is 3. The number of anilines is 1. The lowest BCUT2D eigenvalue weighted by Gasteiger charge is -2.11. The van der Waals surface area contributed by atoms with Gasteiger partial charge in [0, 0.05) is 12.7 Å². The number of methoxy groups -OCH3 is 1. The predicted molar refractivity (Wildman–Crippen MR) is 114 cm³/mol. The number of hydrogen-bond donors (Lipinski definition) is 1. The molecule has 1 N–H and O–H groups in total. The third-order valence-corrected chi connectivity index (χ3v) is 5.45. The van der Waals surface area contributed by atoms with E-state index in [0.717, 1.165) is 5.56 Å². The molecule has 1 aromatic heterocycles. The highest BCUT2D eigenvalue weighted by atomic mass is 35.5. The zero-order chi connectivity index (χ0) is 21.7. The molecule has 7 nitrogen and oxygen atoms in total. The van der Waals surface area contributed by atoms with Crippen molar-refractivity contribution in [2.24, 2.45) is 7.05 Å². The van der Waals surface area contributed by atoms with Gasteiger partial charge in [-0.25, -0.2) is 4.39 Å². The maximum Gasteiger partial charge on any atom is 0.234 e. The van der Waals surface area contributed by atoms with Crippen LogP contribution in [0.3, 0.4) is 0 Å². The summed E-state index contributed by atoms with van der Waals surface area (Å²) < 4.78 is 26.1. The van der Waals surface area contributed by atoms with Gasteiger partial charge in [-0.05, 0) is 42.8 Å². The molecule has 0 saturated carbocycles. The molecule has 10 heteroatoms. The minimum atomic E-state index is -0.541. The molecule has 0 spiro atoms. The third kappa shape index (κ3) is 5.43. The lowest BCUT2D eigenvalue weighted by molar-refractivity contribution is -0.113. The average molecular weight is 451 g/mol. The van der Waals surface area contributed by atoms with Gasteiger partial charge in [0.05, 0.1) is 17.9 Å². The summed E-state index contributed by atoms with van der Waals surface area (Å²) in [5.74, 6) is 1.15. The van der Waals surface area contributed by atoms with Crippen molar-refractivity contribution in [1.29, 1.82) is 0 Å². The minimum Gasteiger partial charge on any atom is -0.493 e. The third-order valence-electron chi connectivity index (χ3n) is 4.14. The smallest absolute Gasteiger partial charge is 0.234 e. The number of ether oxygens (including phenoxy) is 2. The van der Waals surface area contributed by atoms with Gasteiger partial charge < -0.3 is 19.4 Å². The molecule has 0 aliphatic rings. The normalized spacial score (nSPS) is 10.7. The van der Waals surface area contributed by atoms with E-state index in [2.05, 4.69) is 15.5 Å². The van der Waals surface area contributed by atoms with Crippen LogP contribution >= 0.6 is 23.4 Å². The van der Waals surface area contributed by atoms with Crippen LogP contribution in [0.2, 0.25) is 5.02 Å². The van der Waals surface area contributed by atoms with Gasteiger partial charge in [-0.15, -0.1) is 10.2 Å². The second-order valence-electron chi connectivity index (χ2n) is 6.37. The molecule has 0 saturated heterocycles. The molecule has 3 aromatic rings. The second-order valence-corrected chi connectivity index (χ2v) is 7.72. The van der Waals surface area contributed by atoms with Crippen LogP contribution in [-0.4, -0.2) is 33.5 Å². The van der Waals surface area contributed by atoms with E-state index in [9.17, 15) is 9.18 Å². The number of amides is 1. The van der Waals surface area contributed by atoms with Crippen LogP contribution in [0.4, 0.5) is 10.1 Å². The zero-order valence-corrected chi connectivity index (χ0v) is 18.2. The van der Waals surface area contributed by atoms with Crippen LogP contribution in [0.15, 0.2) is 41.6 Å². The fraction of sp³-hybridized carbons (Fsp3) is 0.250. The Kier molecular flexibility index (Phi) is 7.17. The van der Waals surface area contributed by atoms with Crippen LogP contribution in [0.25, 0.3) is 0 Å². The van der Waals surface area contributed by atoms with Crippen molar-refractivity contribution >= 4 is 35.0 Å². The number of hydrogen-bond acceptors (Lipinski definition) is 6. The lowest BCUT2D eigenvalue weighted by Crippen LogP contribution is -2.14. The van der Waals surface area contributed by atoms with Gasteiger partial charge >= 0.3 is 0 Å². The van der Waals surface area contributed by atoms with Crippen molar-refractivity contribution in [3.63, 3.8) is 0 Å². The van der Waals surface area contributed by atoms with Crippen molar-refractivity contribution in [1.82, 2.24) is 14.8 Å². The average Bonchev–Trinajstić information content (AvgIpc) is 3.07.